The number of halogens is 4. The standard InChI is InChI=1S/C25H28F4N4/c1-3-7-17(25(27,28)29)14-19(20(26)4-2)22-15-23-21(10-6-13-33(23)32-22)31-24-18-9-5-8-16(18)11-12-30-24/h4,7,11-12,14-15,21H,3,5-6,8-10,13H2,1-2H3,(H,30,31)/b17-7-,19-14+,20-4+. The van der Waals surface area contributed by atoms with E-state index in [0.29, 0.717) is 6.54 Å². The summed E-state index contributed by atoms with van der Waals surface area (Å²) >= 11 is 0. The van der Waals surface area contributed by atoms with E-state index >= 15 is 0 Å². The van der Waals surface area contributed by atoms with E-state index in [1.54, 1.807) is 23.9 Å². The number of nitrogens with one attached hydrogen (secondary N) is 1. The molecule has 4 nitrogen and oxygen atoms in total. The summed E-state index contributed by atoms with van der Waals surface area (Å²) in [6.45, 7) is 3.71. The van der Waals surface area contributed by atoms with Gasteiger partial charge in [0.1, 0.15) is 11.6 Å². The van der Waals surface area contributed by atoms with Gasteiger partial charge in [0.05, 0.1) is 23.0 Å². The SMILES string of the molecule is C\C=C(F)/C(=C\C(=C\CC)C(F)(F)F)c1cc2n(n1)CCCC2Nc1nccc2c1CCC2. The fourth-order valence-corrected chi connectivity index (χ4v) is 4.60. The lowest BCUT2D eigenvalue weighted by Gasteiger charge is -2.25. The highest BCUT2D eigenvalue weighted by Crippen LogP contribution is 2.37. The molecule has 0 fully saturated rings. The Labute approximate surface area is 191 Å². The Morgan fingerprint density at radius 3 is 2.82 bits per heavy atom. The zero-order chi connectivity index (χ0) is 23.6. The highest BCUT2D eigenvalue weighted by atomic mass is 19.4. The first-order chi connectivity index (χ1) is 15.8. The minimum atomic E-state index is -4.57. The van der Waals surface area contributed by atoms with Gasteiger partial charge in [0.25, 0.3) is 0 Å². The number of aromatic nitrogens is 3. The number of anilines is 1. The Bertz CT molecular complexity index is 1110. The second-order valence-electron chi connectivity index (χ2n) is 8.43. The summed E-state index contributed by atoms with van der Waals surface area (Å²) in [6, 6.07) is 3.66. The molecule has 0 amide bonds. The Hall–Kier alpha value is -2.90. The first kappa shape index (κ1) is 23.3. The van der Waals surface area contributed by atoms with Crippen molar-refractivity contribution >= 4 is 11.4 Å². The number of pyridine rings is 1. The van der Waals surface area contributed by atoms with Gasteiger partial charge in [-0.3, -0.25) is 4.68 Å². The summed E-state index contributed by atoms with van der Waals surface area (Å²) in [6.07, 6.45) is 5.33. The number of allylic oxidation sites excluding steroid dienone is 6. The molecule has 1 unspecified atom stereocenters. The average molecular weight is 461 g/mol. The molecule has 1 aliphatic carbocycles. The minimum absolute atomic E-state index is 0.0946. The largest absolute Gasteiger partial charge is 0.416 e. The van der Waals surface area contributed by atoms with Gasteiger partial charge in [-0.05, 0) is 74.8 Å². The number of hydrogen-bond acceptors (Lipinski definition) is 3. The number of fused-ring (bicyclic) bond motifs is 2. The lowest BCUT2D eigenvalue weighted by Crippen LogP contribution is -2.22. The molecule has 0 spiro atoms. The average Bonchev–Trinajstić information content (AvgIpc) is 3.43. The van der Waals surface area contributed by atoms with Crippen molar-refractivity contribution in [1.29, 1.82) is 0 Å². The molecule has 0 saturated heterocycles. The van der Waals surface area contributed by atoms with Gasteiger partial charge in [0, 0.05) is 18.3 Å². The second kappa shape index (κ2) is 9.53. The molecule has 1 aliphatic heterocycles. The maximum atomic E-state index is 14.8. The van der Waals surface area contributed by atoms with E-state index in [4.69, 9.17) is 0 Å². The fraction of sp³-hybridized carbons (Fsp3) is 0.440. The van der Waals surface area contributed by atoms with E-state index in [1.807, 2.05) is 0 Å². The fourth-order valence-electron chi connectivity index (χ4n) is 4.60. The summed E-state index contributed by atoms with van der Waals surface area (Å²) in [5, 5.41) is 8.02. The first-order valence-electron chi connectivity index (χ1n) is 11.4. The lowest BCUT2D eigenvalue weighted by atomic mass is 10.0. The van der Waals surface area contributed by atoms with Crippen LogP contribution in [0, 0.1) is 0 Å². The monoisotopic (exact) mass is 460 g/mol. The van der Waals surface area contributed by atoms with Crippen molar-refractivity contribution in [2.24, 2.45) is 0 Å². The van der Waals surface area contributed by atoms with Crippen LogP contribution in [0.4, 0.5) is 23.4 Å². The van der Waals surface area contributed by atoms with Crippen molar-refractivity contribution < 1.29 is 17.6 Å². The van der Waals surface area contributed by atoms with Crippen LogP contribution in [0.3, 0.4) is 0 Å². The molecule has 33 heavy (non-hydrogen) atoms. The maximum absolute atomic E-state index is 14.8. The van der Waals surface area contributed by atoms with Gasteiger partial charge in [-0.1, -0.05) is 19.1 Å². The third-order valence-corrected chi connectivity index (χ3v) is 6.21. The molecular weight excluding hydrogens is 432 g/mol. The molecule has 2 aliphatic rings. The molecule has 2 aromatic rings. The maximum Gasteiger partial charge on any atom is 0.416 e. The Morgan fingerprint density at radius 2 is 2.09 bits per heavy atom. The van der Waals surface area contributed by atoms with Crippen LogP contribution in [0.1, 0.15) is 68.1 Å². The van der Waals surface area contributed by atoms with E-state index in [0.717, 1.165) is 61.8 Å². The molecule has 1 atom stereocenters. The first-order valence-corrected chi connectivity index (χ1v) is 11.4. The molecule has 176 valence electrons. The third kappa shape index (κ3) is 4.89. The van der Waals surface area contributed by atoms with Gasteiger partial charge >= 0.3 is 6.18 Å². The minimum Gasteiger partial charge on any atom is -0.361 e. The van der Waals surface area contributed by atoms with E-state index < -0.39 is 17.6 Å². The van der Waals surface area contributed by atoms with Crippen LogP contribution in [0.2, 0.25) is 0 Å². The van der Waals surface area contributed by atoms with Crippen LogP contribution < -0.4 is 5.32 Å². The van der Waals surface area contributed by atoms with Crippen LogP contribution in [-0.4, -0.2) is 20.9 Å². The van der Waals surface area contributed by atoms with Crippen LogP contribution in [-0.2, 0) is 19.4 Å². The molecule has 0 bridgehead atoms. The van der Waals surface area contributed by atoms with Crippen molar-refractivity contribution in [2.75, 3.05) is 5.32 Å². The smallest absolute Gasteiger partial charge is 0.361 e. The summed E-state index contributed by atoms with van der Waals surface area (Å²) in [5.41, 5.74) is 2.54. The number of nitrogens with zero attached hydrogens (tertiary/aromatic N) is 3. The topological polar surface area (TPSA) is 42.7 Å². The highest BCUT2D eigenvalue weighted by Gasteiger charge is 2.33. The van der Waals surface area contributed by atoms with Crippen LogP contribution in [0.25, 0.3) is 5.57 Å². The molecule has 0 aromatic carbocycles. The van der Waals surface area contributed by atoms with E-state index in [9.17, 15) is 17.6 Å². The summed E-state index contributed by atoms with van der Waals surface area (Å²) in [5.74, 6) is 0.121. The second-order valence-corrected chi connectivity index (χ2v) is 8.43. The number of alkyl halides is 3. The van der Waals surface area contributed by atoms with Gasteiger partial charge < -0.3 is 5.32 Å². The number of aryl methyl sites for hydroxylation is 2. The molecule has 3 heterocycles. The highest BCUT2D eigenvalue weighted by molar-refractivity contribution is 5.77. The van der Waals surface area contributed by atoms with Gasteiger partial charge in [-0.2, -0.15) is 18.3 Å². The molecule has 0 saturated carbocycles. The van der Waals surface area contributed by atoms with Crippen LogP contribution in [0.15, 0.2) is 48.0 Å². The zero-order valence-electron chi connectivity index (χ0n) is 18.8. The summed E-state index contributed by atoms with van der Waals surface area (Å²) in [7, 11) is 0. The van der Waals surface area contributed by atoms with Crippen molar-refractivity contribution in [3.05, 3.63) is 70.5 Å². The summed E-state index contributed by atoms with van der Waals surface area (Å²) < 4.78 is 57.0. The van der Waals surface area contributed by atoms with E-state index in [1.165, 1.54) is 18.1 Å². The number of hydrogen-bond donors (Lipinski definition) is 1. The summed E-state index contributed by atoms with van der Waals surface area (Å²) in [4.78, 5) is 4.53. The van der Waals surface area contributed by atoms with Crippen LogP contribution in [0.5, 0.6) is 0 Å². The number of rotatable bonds is 6. The molecule has 8 heteroatoms. The van der Waals surface area contributed by atoms with E-state index in [2.05, 4.69) is 21.5 Å². The third-order valence-electron chi connectivity index (χ3n) is 6.21. The Balaban J connectivity index is 1.71. The van der Waals surface area contributed by atoms with Gasteiger partial charge in [-0.25, -0.2) is 9.37 Å². The van der Waals surface area contributed by atoms with Crippen molar-refractivity contribution in [3.8, 4) is 0 Å². The lowest BCUT2D eigenvalue weighted by molar-refractivity contribution is -0.0883. The molecule has 0 radical (unpaired) electrons. The van der Waals surface area contributed by atoms with Gasteiger partial charge in [0.2, 0.25) is 0 Å². The quantitative estimate of drug-likeness (QED) is 0.378. The van der Waals surface area contributed by atoms with Crippen molar-refractivity contribution in [2.45, 2.75) is 71.1 Å². The molecular formula is C25H28F4N4. The van der Waals surface area contributed by atoms with Gasteiger partial charge in [-0.15, -0.1) is 0 Å². The normalized spacial score (nSPS) is 19.5. The predicted molar refractivity (Wildman–Crippen MR) is 121 cm³/mol. The zero-order valence-corrected chi connectivity index (χ0v) is 18.8. The van der Waals surface area contributed by atoms with Crippen molar-refractivity contribution in [1.82, 2.24) is 14.8 Å². The van der Waals surface area contributed by atoms with Crippen LogP contribution >= 0.6 is 0 Å². The van der Waals surface area contributed by atoms with Gasteiger partial charge in [0.15, 0.2) is 0 Å². The predicted octanol–water partition coefficient (Wildman–Crippen LogP) is 6.87. The van der Waals surface area contributed by atoms with Crippen molar-refractivity contribution in [3.63, 3.8) is 0 Å². The van der Waals surface area contributed by atoms with E-state index in [-0.39, 0.29) is 23.7 Å². The Kier molecular flexibility index (Phi) is 6.72. The molecule has 4 rings (SSSR count). The Morgan fingerprint density at radius 1 is 1.27 bits per heavy atom. The molecule has 2 aromatic heterocycles. The molecule has 1 N–H and O–H groups in total.